The van der Waals surface area contributed by atoms with Crippen LogP contribution in [0.25, 0.3) is 11.1 Å². The fourth-order valence-electron chi connectivity index (χ4n) is 3.99. The highest BCUT2D eigenvalue weighted by Crippen LogP contribution is 2.37. The molecule has 0 spiro atoms. The average Bonchev–Trinajstić information content (AvgIpc) is 2.89. The van der Waals surface area contributed by atoms with Crippen molar-refractivity contribution in [1.29, 1.82) is 0 Å². The fourth-order valence-corrected chi connectivity index (χ4v) is 4.33. The van der Waals surface area contributed by atoms with E-state index in [1.165, 1.54) is 6.20 Å². The van der Waals surface area contributed by atoms with E-state index in [1.807, 2.05) is 17.0 Å². The van der Waals surface area contributed by atoms with Gasteiger partial charge in [-0.3, -0.25) is 9.59 Å². The number of benzene rings is 2. The van der Waals surface area contributed by atoms with Gasteiger partial charge in [-0.2, -0.15) is 0 Å². The molecule has 0 bridgehead atoms. The van der Waals surface area contributed by atoms with Gasteiger partial charge in [0.1, 0.15) is 11.3 Å². The van der Waals surface area contributed by atoms with E-state index in [4.69, 9.17) is 38.4 Å². The number of halogens is 2. The number of aromatic nitrogens is 1. The van der Waals surface area contributed by atoms with Crippen molar-refractivity contribution in [3.63, 3.8) is 0 Å². The number of rotatable bonds is 9. The summed E-state index contributed by atoms with van der Waals surface area (Å²) in [4.78, 5) is 32.5. The number of hydrogen-bond acceptors (Lipinski definition) is 6. The first-order valence-corrected chi connectivity index (χ1v) is 12.6. The van der Waals surface area contributed by atoms with Gasteiger partial charge in [-0.25, -0.2) is 4.98 Å². The van der Waals surface area contributed by atoms with Gasteiger partial charge in [-0.05, 0) is 60.6 Å². The lowest BCUT2D eigenvalue weighted by Crippen LogP contribution is -2.47. The van der Waals surface area contributed by atoms with Crippen LogP contribution in [0.15, 0.2) is 54.7 Å². The minimum Gasteiger partial charge on any atom is -0.438 e. The van der Waals surface area contributed by atoms with Gasteiger partial charge in [0.05, 0.1) is 19.6 Å². The third kappa shape index (κ3) is 6.99. The molecular formula is C27H28Cl2N4O4. The normalized spacial score (nSPS) is 14.0. The predicted molar refractivity (Wildman–Crippen MR) is 143 cm³/mol. The second kappa shape index (κ2) is 12.4. The number of ether oxygens (including phenoxy) is 2. The first kappa shape index (κ1) is 26.9. The van der Waals surface area contributed by atoms with E-state index in [-0.39, 0.29) is 24.0 Å². The van der Waals surface area contributed by atoms with Gasteiger partial charge in [0.15, 0.2) is 0 Å². The van der Waals surface area contributed by atoms with Crippen molar-refractivity contribution in [2.45, 2.75) is 13.0 Å². The second-order valence-corrected chi connectivity index (χ2v) is 9.60. The lowest BCUT2D eigenvalue weighted by atomic mass is 10.0. The second-order valence-electron chi connectivity index (χ2n) is 8.76. The molecule has 8 nitrogen and oxygen atoms in total. The highest BCUT2D eigenvalue weighted by molar-refractivity contribution is 6.31. The summed E-state index contributed by atoms with van der Waals surface area (Å²) in [6.07, 6.45) is 1.84. The maximum absolute atomic E-state index is 12.4. The monoisotopic (exact) mass is 542 g/mol. The Morgan fingerprint density at radius 2 is 1.84 bits per heavy atom. The largest absolute Gasteiger partial charge is 0.438 e. The Morgan fingerprint density at radius 1 is 1.05 bits per heavy atom. The summed E-state index contributed by atoms with van der Waals surface area (Å²) < 4.78 is 11.8. The Bertz CT molecular complexity index is 1280. The molecular weight excluding hydrogens is 515 g/mol. The van der Waals surface area contributed by atoms with Crippen LogP contribution in [0.4, 0.5) is 0 Å². The number of likely N-dealkylation sites (N-methyl/N-ethyl adjacent to an activating group) is 1. The van der Waals surface area contributed by atoms with Crippen LogP contribution in [0.1, 0.15) is 22.3 Å². The summed E-state index contributed by atoms with van der Waals surface area (Å²) in [5.74, 6) is -0.00663. The van der Waals surface area contributed by atoms with Gasteiger partial charge in [0.25, 0.3) is 5.91 Å². The minimum absolute atomic E-state index is 0.0958. The van der Waals surface area contributed by atoms with Gasteiger partial charge in [0, 0.05) is 48.0 Å². The number of amides is 2. The lowest BCUT2D eigenvalue weighted by Gasteiger charge is -2.32. The van der Waals surface area contributed by atoms with Gasteiger partial charge in [-0.15, -0.1) is 0 Å². The molecule has 194 valence electrons. The highest BCUT2D eigenvalue weighted by atomic mass is 35.5. The van der Waals surface area contributed by atoms with E-state index in [0.29, 0.717) is 34.4 Å². The molecule has 2 N–H and O–H groups in total. The molecule has 2 amide bonds. The molecule has 0 aliphatic carbocycles. The third-order valence-corrected chi connectivity index (χ3v) is 6.72. The Balaban J connectivity index is 1.46. The van der Waals surface area contributed by atoms with Crippen molar-refractivity contribution in [2.75, 3.05) is 39.8 Å². The van der Waals surface area contributed by atoms with E-state index in [2.05, 4.69) is 16.9 Å². The van der Waals surface area contributed by atoms with E-state index in [0.717, 1.165) is 37.3 Å². The number of nitrogens with zero attached hydrogens (tertiary/aromatic N) is 3. The summed E-state index contributed by atoms with van der Waals surface area (Å²) >= 11 is 12.7. The summed E-state index contributed by atoms with van der Waals surface area (Å²) in [6.45, 7) is 3.79. The zero-order chi connectivity index (χ0) is 26.4. The molecule has 0 unspecified atom stereocenters. The molecule has 1 fully saturated rings. The number of nitrogens with two attached hydrogens (primary N) is 1. The van der Waals surface area contributed by atoms with Crippen LogP contribution >= 0.6 is 23.2 Å². The number of hydrogen-bond donors (Lipinski definition) is 1. The molecule has 0 radical (unpaired) electrons. The number of piperazine rings is 1. The highest BCUT2D eigenvalue weighted by Gasteiger charge is 2.19. The summed E-state index contributed by atoms with van der Waals surface area (Å²) in [7, 11) is 2.05. The van der Waals surface area contributed by atoms with Crippen LogP contribution in [-0.2, 0) is 16.1 Å². The SMILES string of the molecule is CN1CCN(C(=O)CCOCc2cc(-c3cc(Cl)ccc3Oc3ncccc3C(N)=O)ccc2Cl)CC1. The number of primary amides is 1. The molecule has 0 atom stereocenters. The predicted octanol–water partition coefficient (Wildman–Crippen LogP) is 4.63. The van der Waals surface area contributed by atoms with Crippen LogP contribution < -0.4 is 10.5 Å². The molecule has 1 aliphatic heterocycles. The van der Waals surface area contributed by atoms with Gasteiger partial charge in [-0.1, -0.05) is 29.3 Å². The Kier molecular flexibility index (Phi) is 9.00. The van der Waals surface area contributed by atoms with Gasteiger partial charge >= 0.3 is 0 Å². The molecule has 4 rings (SSSR count). The van der Waals surface area contributed by atoms with Crippen LogP contribution in [-0.4, -0.2) is 66.4 Å². The Labute approximate surface area is 225 Å². The van der Waals surface area contributed by atoms with E-state index < -0.39 is 5.91 Å². The topological polar surface area (TPSA) is 98.0 Å². The quantitative estimate of drug-likeness (QED) is 0.396. The minimum atomic E-state index is -0.643. The Morgan fingerprint density at radius 3 is 2.59 bits per heavy atom. The molecule has 1 aromatic heterocycles. The van der Waals surface area contributed by atoms with Crippen molar-refractivity contribution in [1.82, 2.24) is 14.8 Å². The molecule has 1 saturated heterocycles. The van der Waals surface area contributed by atoms with Crippen LogP contribution in [0.5, 0.6) is 11.6 Å². The van der Waals surface area contributed by atoms with Crippen molar-refractivity contribution < 1.29 is 19.1 Å². The maximum Gasteiger partial charge on any atom is 0.254 e. The molecule has 2 heterocycles. The smallest absolute Gasteiger partial charge is 0.254 e. The van der Waals surface area contributed by atoms with Gasteiger partial charge in [0.2, 0.25) is 11.8 Å². The molecule has 1 aliphatic rings. The van der Waals surface area contributed by atoms with Crippen LogP contribution in [0, 0.1) is 0 Å². The molecule has 3 aromatic rings. The van der Waals surface area contributed by atoms with Crippen LogP contribution in [0.3, 0.4) is 0 Å². The first-order valence-electron chi connectivity index (χ1n) is 11.9. The average molecular weight is 543 g/mol. The zero-order valence-corrected chi connectivity index (χ0v) is 22.0. The van der Waals surface area contributed by atoms with Crippen molar-refractivity contribution in [3.8, 4) is 22.8 Å². The van der Waals surface area contributed by atoms with E-state index in [1.54, 1.807) is 36.4 Å². The standard InChI is InChI=1S/C27H28Cl2N4O4/c1-32-10-12-33(13-11-32)25(34)8-14-36-17-19-15-18(4-6-23(19)29)22-16-20(28)5-7-24(22)37-27-21(26(30)35)3-2-9-31-27/h2-7,9,15-16H,8,10-14,17H2,1H3,(H2,30,35). The van der Waals surface area contributed by atoms with Gasteiger partial charge < -0.3 is 25.0 Å². The van der Waals surface area contributed by atoms with E-state index >= 15 is 0 Å². The third-order valence-electron chi connectivity index (χ3n) is 6.12. The summed E-state index contributed by atoms with van der Waals surface area (Å²) in [5, 5.41) is 1.05. The fraction of sp³-hybridized carbons (Fsp3) is 0.296. The number of carbonyl (C=O) groups is 2. The zero-order valence-electron chi connectivity index (χ0n) is 20.5. The maximum atomic E-state index is 12.4. The number of carbonyl (C=O) groups excluding carboxylic acids is 2. The molecule has 2 aromatic carbocycles. The van der Waals surface area contributed by atoms with Crippen molar-refractivity contribution in [3.05, 3.63) is 75.9 Å². The molecule has 0 saturated carbocycles. The number of pyridine rings is 1. The van der Waals surface area contributed by atoms with Crippen molar-refractivity contribution >= 4 is 35.0 Å². The summed E-state index contributed by atoms with van der Waals surface area (Å²) in [5.41, 5.74) is 7.85. The van der Waals surface area contributed by atoms with Crippen molar-refractivity contribution in [2.24, 2.45) is 5.73 Å². The van der Waals surface area contributed by atoms with Crippen LogP contribution in [0.2, 0.25) is 10.0 Å². The summed E-state index contributed by atoms with van der Waals surface area (Å²) in [6, 6.07) is 13.8. The molecule has 37 heavy (non-hydrogen) atoms. The first-order chi connectivity index (χ1) is 17.8. The Hall–Kier alpha value is -3.17. The van der Waals surface area contributed by atoms with E-state index in [9.17, 15) is 9.59 Å². The lowest BCUT2D eigenvalue weighted by molar-refractivity contribution is -0.134. The molecule has 10 heteroatoms.